The first kappa shape index (κ1) is 19.2. The number of nitrogens with zero attached hydrogens (tertiary/aromatic N) is 1. The van der Waals surface area contributed by atoms with Crippen molar-refractivity contribution in [3.63, 3.8) is 0 Å². The van der Waals surface area contributed by atoms with E-state index in [-0.39, 0.29) is 10.8 Å². The van der Waals surface area contributed by atoms with Crippen molar-refractivity contribution in [2.75, 3.05) is 46.5 Å². The van der Waals surface area contributed by atoms with E-state index in [4.69, 9.17) is 9.47 Å². The van der Waals surface area contributed by atoms with Gasteiger partial charge in [-0.05, 0) is 36.1 Å². The molecule has 1 heterocycles. The number of methoxy groups -OCH3 is 1. The maximum Gasteiger partial charge on any atom is 0.244 e. The van der Waals surface area contributed by atoms with Crippen LogP contribution in [0.4, 0.5) is 0 Å². The summed E-state index contributed by atoms with van der Waals surface area (Å²) >= 11 is 0. The molecule has 0 spiro atoms. The molecule has 1 fully saturated rings. The Balaban J connectivity index is 2.13. The summed E-state index contributed by atoms with van der Waals surface area (Å²) < 4.78 is 38.7. The average molecular weight is 356 g/mol. The molecule has 0 amide bonds. The molecular formula is C17H28N2O4S. The lowest BCUT2D eigenvalue weighted by molar-refractivity contribution is 0.0390. The van der Waals surface area contributed by atoms with Gasteiger partial charge in [-0.25, -0.2) is 13.1 Å². The Bertz CT molecular complexity index is 653. The first-order valence-electron chi connectivity index (χ1n) is 8.33. The topological polar surface area (TPSA) is 67.9 Å². The van der Waals surface area contributed by atoms with Gasteiger partial charge in [-0.15, -0.1) is 0 Å². The van der Waals surface area contributed by atoms with Crippen molar-refractivity contribution in [1.29, 1.82) is 0 Å². The molecule has 7 heteroatoms. The van der Waals surface area contributed by atoms with Crippen molar-refractivity contribution >= 4 is 10.0 Å². The number of hydrogen-bond acceptors (Lipinski definition) is 5. The Hall–Kier alpha value is -1.15. The fourth-order valence-corrected chi connectivity index (χ4v) is 4.11. The van der Waals surface area contributed by atoms with Crippen LogP contribution in [-0.2, 0) is 14.8 Å². The molecule has 0 atom stereocenters. The molecule has 1 aliphatic heterocycles. The third kappa shape index (κ3) is 4.69. The Morgan fingerprint density at radius 3 is 2.54 bits per heavy atom. The first-order valence-corrected chi connectivity index (χ1v) is 9.81. The van der Waals surface area contributed by atoms with Crippen LogP contribution >= 0.6 is 0 Å². The number of rotatable bonds is 7. The predicted octanol–water partition coefficient (Wildman–Crippen LogP) is 1.74. The maximum absolute atomic E-state index is 12.7. The van der Waals surface area contributed by atoms with Crippen LogP contribution in [0.1, 0.15) is 30.9 Å². The van der Waals surface area contributed by atoms with Crippen LogP contribution in [0.25, 0.3) is 0 Å². The maximum atomic E-state index is 12.7. The Morgan fingerprint density at radius 2 is 1.96 bits per heavy atom. The van der Waals surface area contributed by atoms with Crippen molar-refractivity contribution in [3.05, 3.63) is 23.3 Å². The number of benzene rings is 1. The zero-order chi connectivity index (χ0) is 17.7. The number of aryl methyl sites for hydroxylation is 1. The van der Waals surface area contributed by atoms with Gasteiger partial charge in [0.15, 0.2) is 0 Å². The van der Waals surface area contributed by atoms with Crippen LogP contribution in [0.3, 0.4) is 0 Å². The zero-order valence-corrected chi connectivity index (χ0v) is 15.8. The van der Waals surface area contributed by atoms with Gasteiger partial charge < -0.3 is 9.47 Å². The van der Waals surface area contributed by atoms with E-state index >= 15 is 0 Å². The molecule has 0 bridgehead atoms. The van der Waals surface area contributed by atoms with Gasteiger partial charge in [0.25, 0.3) is 0 Å². The minimum absolute atomic E-state index is 0.210. The molecular weight excluding hydrogens is 328 g/mol. The molecule has 1 N–H and O–H groups in total. The molecule has 0 unspecified atom stereocenters. The van der Waals surface area contributed by atoms with Crippen LogP contribution in [0.5, 0.6) is 5.75 Å². The molecule has 1 aliphatic rings. The molecule has 1 aromatic rings. The predicted molar refractivity (Wildman–Crippen MR) is 94.3 cm³/mol. The minimum Gasteiger partial charge on any atom is -0.495 e. The second kappa shape index (κ2) is 8.29. The lowest BCUT2D eigenvalue weighted by Gasteiger charge is -2.26. The van der Waals surface area contributed by atoms with Gasteiger partial charge in [-0.2, -0.15) is 0 Å². The van der Waals surface area contributed by atoms with Gasteiger partial charge in [-0.3, -0.25) is 4.90 Å². The van der Waals surface area contributed by atoms with Crippen LogP contribution in [0.2, 0.25) is 0 Å². The van der Waals surface area contributed by atoms with Crippen LogP contribution in [0.15, 0.2) is 17.0 Å². The number of nitrogens with one attached hydrogen (secondary N) is 1. The third-order valence-corrected chi connectivity index (χ3v) is 5.77. The van der Waals surface area contributed by atoms with E-state index in [2.05, 4.69) is 23.5 Å². The quantitative estimate of drug-likeness (QED) is 0.806. The smallest absolute Gasteiger partial charge is 0.244 e. The van der Waals surface area contributed by atoms with E-state index in [0.29, 0.717) is 32.1 Å². The monoisotopic (exact) mass is 356 g/mol. The first-order chi connectivity index (χ1) is 11.3. The highest BCUT2D eigenvalue weighted by Crippen LogP contribution is 2.30. The van der Waals surface area contributed by atoms with Gasteiger partial charge in [-0.1, -0.05) is 13.8 Å². The summed E-state index contributed by atoms with van der Waals surface area (Å²) in [6.45, 7) is 10.2. The molecule has 1 saturated heterocycles. The van der Waals surface area contributed by atoms with Crippen molar-refractivity contribution in [2.24, 2.45) is 0 Å². The van der Waals surface area contributed by atoms with Gasteiger partial charge in [0, 0.05) is 26.2 Å². The summed E-state index contributed by atoms with van der Waals surface area (Å²) in [6.07, 6.45) is 0. The van der Waals surface area contributed by atoms with Crippen LogP contribution in [-0.4, -0.2) is 59.8 Å². The lowest BCUT2D eigenvalue weighted by atomic mass is 9.98. The molecule has 0 aromatic heterocycles. The van der Waals surface area contributed by atoms with Gasteiger partial charge >= 0.3 is 0 Å². The van der Waals surface area contributed by atoms with Crippen molar-refractivity contribution in [2.45, 2.75) is 31.6 Å². The molecule has 2 rings (SSSR count). The van der Waals surface area contributed by atoms with E-state index < -0.39 is 10.0 Å². The molecule has 24 heavy (non-hydrogen) atoms. The minimum atomic E-state index is -3.61. The highest BCUT2D eigenvalue weighted by molar-refractivity contribution is 7.89. The van der Waals surface area contributed by atoms with Crippen LogP contribution in [0, 0.1) is 6.92 Å². The highest BCUT2D eigenvalue weighted by atomic mass is 32.2. The second-order valence-corrected chi connectivity index (χ2v) is 8.10. The molecule has 0 radical (unpaired) electrons. The van der Waals surface area contributed by atoms with E-state index in [9.17, 15) is 8.42 Å². The second-order valence-electron chi connectivity index (χ2n) is 6.37. The fourth-order valence-electron chi connectivity index (χ4n) is 2.91. The summed E-state index contributed by atoms with van der Waals surface area (Å²) in [5.41, 5.74) is 2.05. The molecule has 0 saturated carbocycles. The molecule has 0 aliphatic carbocycles. The molecule has 1 aromatic carbocycles. The number of ether oxygens (including phenoxy) is 2. The number of morpholine rings is 1. The summed E-state index contributed by atoms with van der Waals surface area (Å²) in [5.74, 6) is 0.633. The average Bonchev–Trinajstić information content (AvgIpc) is 2.54. The van der Waals surface area contributed by atoms with E-state index in [1.54, 1.807) is 12.1 Å². The van der Waals surface area contributed by atoms with Crippen molar-refractivity contribution < 1.29 is 17.9 Å². The lowest BCUT2D eigenvalue weighted by Crippen LogP contribution is -2.41. The summed E-state index contributed by atoms with van der Waals surface area (Å²) in [4.78, 5) is 2.40. The summed E-state index contributed by atoms with van der Waals surface area (Å²) in [7, 11) is -2.11. The van der Waals surface area contributed by atoms with Crippen molar-refractivity contribution in [3.8, 4) is 5.75 Å². The Kier molecular flexibility index (Phi) is 6.62. The zero-order valence-electron chi connectivity index (χ0n) is 15.0. The SMILES string of the molecule is COc1cc(C)c(C(C)C)cc1S(=O)(=O)NCCN1CCOCC1. The van der Waals surface area contributed by atoms with Gasteiger partial charge in [0.2, 0.25) is 10.0 Å². The number of hydrogen-bond donors (Lipinski definition) is 1. The Labute approximate surface area is 145 Å². The molecule has 136 valence electrons. The summed E-state index contributed by atoms with van der Waals surface area (Å²) in [6, 6.07) is 3.53. The largest absolute Gasteiger partial charge is 0.495 e. The van der Waals surface area contributed by atoms with Crippen LogP contribution < -0.4 is 9.46 Å². The normalized spacial score (nSPS) is 16.5. The molecule has 6 nitrogen and oxygen atoms in total. The van der Waals surface area contributed by atoms with Gasteiger partial charge in [0.05, 0.1) is 20.3 Å². The fraction of sp³-hybridized carbons (Fsp3) is 0.647. The van der Waals surface area contributed by atoms with Crippen molar-refractivity contribution in [1.82, 2.24) is 9.62 Å². The van der Waals surface area contributed by atoms with E-state index in [1.165, 1.54) is 7.11 Å². The van der Waals surface area contributed by atoms with Gasteiger partial charge in [0.1, 0.15) is 10.6 Å². The third-order valence-electron chi connectivity index (χ3n) is 4.29. The highest BCUT2D eigenvalue weighted by Gasteiger charge is 2.22. The Morgan fingerprint density at radius 1 is 1.29 bits per heavy atom. The van der Waals surface area contributed by atoms with E-state index in [0.717, 1.165) is 24.2 Å². The van der Waals surface area contributed by atoms with E-state index in [1.807, 2.05) is 6.92 Å². The standard InChI is InChI=1S/C17H28N2O4S/c1-13(2)15-12-17(16(22-4)11-14(15)3)24(20,21)18-5-6-19-7-9-23-10-8-19/h11-13,18H,5-10H2,1-4H3. The summed E-state index contributed by atoms with van der Waals surface area (Å²) in [5, 5.41) is 0. The number of sulfonamides is 1.